The van der Waals surface area contributed by atoms with E-state index in [4.69, 9.17) is 0 Å². The largest absolute Gasteiger partial charge is 0.343 e. The van der Waals surface area contributed by atoms with Gasteiger partial charge in [0.2, 0.25) is 5.91 Å². The Balaban J connectivity index is 1.22. The van der Waals surface area contributed by atoms with Crippen molar-refractivity contribution in [2.24, 2.45) is 22.4 Å². The molecule has 3 heterocycles. The van der Waals surface area contributed by atoms with Crippen molar-refractivity contribution in [3.8, 4) is 0 Å². The van der Waals surface area contributed by atoms with E-state index in [1.54, 1.807) is 10.8 Å². The van der Waals surface area contributed by atoms with Crippen molar-refractivity contribution < 1.29 is 22.4 Å². The van der Waals surface area contributed by atoms with E-state index >= 15 is 0 Å². The van der Waals surface area contributed by atoms with Gasteiger partial charge >= 0.3 is 0 Å². The number of carbonyl (C=O) groups excluding carboxylic acids is 1. The zero-order chi connectivity index (χ0) is 22.9. The molecule has 3 aliphatic carbocycles. The maximum absolute atomic E-state index is 14.3. The van der Waals surface area contributed by atoms with Crippen LogP contribution in [-0.2, 0) is 11.3 Å². The van der Waals surface area contributed by atoms with E-state index in [9.17, 15) is 22.4 Å². The monoisotopic (exact) mass is 456 g/mol. The number of hydrogen-bond acceptors (Lipinski definition) is 3. The van der Waals surface area contributed by atoms with Crippen LogP contribution in [0.5, 0.6) is 0 Å². The smallest absolute Gasteiger partial charge is 0.249 e. The zero-order valence-corrected chi connectivity index (χ0v) is 17.5. The van der Waals surface area contributed by atoms with Gasteiger partial charge in [-0.1, -0.05) is 0 Å². The Morgan fingerprint density at radius 1 is 1.03 bits per heavy atom. The number of hydrogen-bond donors (Lipinski definition) is 0. The number of nitrogens with zero attached hydrogens (tertiary/aromatic N) is 4. The molecule has 2 atom stereocenters. The first-order valence-electron chi connectivity index (χ1n) is 10.9. The van der Waals surface area contributed by atoms with Crippen molar-refractivity contribution in [2.45, 2.75) is 38.3 Å². The van der Waals surface area contributed by atoms with Crippen LogP contribution >= 0.6 is 0 Å². The Kier molecular flexibility index (Phi) is 4.41. The third-order valence-electron chi connectivity index (χ3n) is 7.46. The fourth-order valence-corrected chi connectivity index (χ4v) is 5.99. The first-order chi connectivity index (χ1) is 15.8. The molecular weight excluding hydrogens is 436 g/mol. The molecule has 2 aromatic heterocycles. The molecule has 0 N–H and O–H groups in total. The molecule has 9 heteroatoms. The van der Waals surface area contributed by atoms with E-state index in [0.717, 1.165) is 12.3 Å². The maximum atomic E-state index is 14.3. The zero-order valence-electron chi connectivity index (χ0n) is 17.5. The van der Waals surface area contributed by atoms with Crippen LogP contribution in [0.2, 0.25) is 0 Å². The Bertz CT molecular complexity index is 1290. The lowest BCUT2D eigenvalue weighted by Gasteiger charge is -2.40. The van der Waals surface area contributed by atoms with Crippen LogP contribution in [0.4, 0.5) is 17.6 Å². The molecule has 0 radical (unpaired) electrons. The minimum absolute atomic E-state index is 0.129. The number of fused-ring (bicyclic) bond motifs is 2. The topological polar surface area (TPSA) is 50.5 Å². The average molecular weight is 456 g/mol. The van der Waals surface area contributed by atoms with Crippen molar-refractivity contribution in [3.05, 3.63) is 65.5 Å². The molecule has 170 valence electrons. The lowest BCUT2D eigenvalue weighted by Crippen LogP contribution is -2.45. The summed E-state index contributed by atoms with van der Waals surface area (Å²) in [5.74, 6) is -2.13. The molecule has 4 aliphatic rings. The number of aromatic nitrogens is 2. The lowest BCUT2D eigenvalue weighted by molar-refractivity contribution is -0.148. The van der Waals surface area contributed by atoms with Crippen LogP contribution < -0.4 is 0 Å². The van der Waals surface area contributed by atoms with Crippen LogP contribution in [-0.4, -0.2) is 26.7 Å². The van der Waals surface area contributed by atoms with Gasteiger partial charge in [-0.15, -0.1) is 0 Å². The van der Waals surface area contributed by atoms with Crippen molar-refractivity contribution >= 4 is 23.2 Å². The predicted molar refractivity (Wildman–Crippen MR) is 112 cm³/mol. The summed E-state index contributed by atoms with van der Waals surface area (Å²) in [5, 5.41) is 5.61. The SMILES string of the molecule is O=C(N1N=CCC1c1cc(F)cc(F)c1)C12CC(Cn3cc(F)c4ncc(F)cc43)C(C1)C2. The van der Waals surface area contributed by atoms with Gasteiger partial charge in [0.05, 0.1) is 23.2 Å². The van der Waals surface area contributed by atoms with Gasteiger partial charge in [-0.2, -0.15) is 5.10 Å². The van der Waals surface area contributed by atoms with Gasteiger partial charge in [0.25, 0.3) is 0 Å². The van der Waals surface area contributed by atoms with Gasteiger partial charge in [-0.3, -0.25) is 4.79 Å². The van der Waals surface area contributed by atoms with Crippen molar-refractivity contribution in [2.75, 3.05) is 0 Å². The number of carbonyl (C=O) groups is 1. The van der Waals surface area contributed by atoms with E-state index in [-0.39, 0.29) is 17.3 Å². The Morgan fingerprint density at radius 3 is 2.55 bits per heavy atom. The van der Waals surface area contributed by atoms with Gasteiger partial charge in [0.1, 0.15) is 23.0 Å². The number of pyridine rings is 1. The van der Waals surface area contributed by atoms with E-state index < -0.39 is 34.7 Å². The van der Waals surface area contributed by atoms with Crippen molar-refractivity contribution in [1.82, 2.24) is 14.6 Å². The number of halogens is 4. The molecular formula is C24H20F4N4O. The van der Waals surface area contributed by atoms with Crippen LogP contribution in [0.3, 0.4) is 0 Å². The van der Waals surface area contributed by atoms with E-state index in [0.29, 0.717) is 49.2 Å². The summed E-state index contributed by atoms with van der Waals surface area (Å²) in [6, 6.07) is 4.01. The van der Waals surface area contributed by atoms with Gasteiger partial charge < -0.3 is 4.57 Å². The number of amides is 1. The van der Waals surface area contributed by atoms with Crippen molar-refractivity contribution in [3.63, 3.8) is 0 Å². The highest BCUT2D eigenvalue weighted by molar-refractivity contribution is 5.87. The second-order valence-corrected chi connectivity index (χ2v) is 9.47. The van der Waals surface area contributed by atoms with Crippen molar-refractivity contribution in [1.29, 1.82) is 0 Å². The van der Waals surface area contributed by atoms with Crippen LogP contribution in [0.1, 0.15) is 37.3 Å². The maximum Gasteiger partial charge on any atom is 0.249 e. The molecule has 33 heavy (non-hydrogen) atoms. The Morgan fingerprint density at radius 2 is 1.79 bits per heavy atom. The molecule has 0 spiro atoms. The first-order valence-corrected chi connectivity index (χ1v) is 10.9. The number of hydrazone groups is 1. The number of rotatable bonds is 4. The Hall–Kier alpha value is -3.23. The molecule has 1 aromatic carbocycles. The minimum atomic E-state index is -0.691. The summed E-state index contributed by atoms with van der Waals surface area (Å²) >= 11 is 0. The van der Waals surface area contributed by atoms with Crippen LogP contribution in [0, 0.1) is 40.5 Å². The third kappa shape index (κ3) is 3.16. The highest BCUT2D eigenvalue weighted by Gasteiger charge is 2.61. The van der Waals surface area contributed by atoms with E-state index in [2.05, 4.69) is 10.1 Å². The van der Waals surface area contributed by atoms with Gasteiger partial charge in [0.15, 0.2) is 5.82 Å². The fraction of sp³-hybridized carbons (Fsp3) is 0.375. The van der Waals surface area contributed by atoms with Crippen LogP contribution in [0.15, 0.2) is 41.8 Å². The molecule has 2 bridgehead atoms. The fourth-order valence-electron chi connectivity index (χ4n) is 5.99. The summed E-state index contributed by atoms with van der Waals surface area (Å²) in [6.07, 6.45) is 6.32. The summed E-state index contributed by atoms with van der Waals surface area (Å²) in [6.45, 7) is 0.465. The second-order valence-electron chi connectivity index (χ2n) is 9.47. The first kappa shape index (κ1) is 20.4. The van der Waals surface area contributed by atoms with Gasteiger partial charge in [-0.25, -0.2) is 27.6 Å². The summed E-state index contributed by atoms with van der Waals surface area (Å²) < 4.78 is 57.1. The molecule has 3 aromatic rings. The van der Waals surface area contributed by atoms with Crippen LogP contribution in [0.25, 0.3) is 11.0 Å². The van der Waals surface area contributed by atoms with Gasteiger partial charge in [0, 0.05) is 37.5 Å². The highest BCUT2D eigenvalue weighted by Crippen LogP contribution is 2.63. The standard InChI is InChI=1S/C24H20F4N4O/c25-16-3-13(4-17(26)5-16)20-1-2-30-32(20)23(33)24-7-14(8-24)15(9-24)11-31-12-19(28)22-21(31)6-18(27)10-29-22/h2-6,10,12,14-15,20H,1,7-9,11H2. The summed E-state index contributed by atoms with van der Waals surface area (Å²) in [4.78, 5) is 17.4. The average Bonchev–Trinajstić information content (AvgIpc) is 3.49. The molecule has 0 saturated heterocycles. The molecule has 3 fully saturated rings. The number of benzene rings is 1. The quantitative estimate of drug-likeness (QED) is 0.521. The van der Waals surface area contributed by atoms with E-state index in [1.165, 1.54) is 29.4 Å². The summed E-state index contributed by atoms with van der Waals surface area (Å²) in [7, 11) is 0. The predicted octanol–water partition coefficient (Wildman–Crippen LogP) is 4.97. The highest BCUT2D eigenvalue weighted by atomic mass is 19.1. The third-order valence-corrected chi connectivity index (χ3v) is 7.46. The normalized spacial score (nSPS) is 28.0. The molecule has 5 nitrogen and oxygen atoms in total. The van der Waals surface area contributed by atoms with E-state index in [1.807, 2.05) is 0 Å². The molecule has 2 unspecified atom stereocenters. The molecule has 7 rings (SSSR count). The lowest BCUT2D eigenvalue weighted by atomic mass is 9.68. The minimum Gasteiger partial charge on any atom is -0.343 e. The molecule has 3 saturated carbocycles. The van der Waals surface area contributed by atoms with Gasteiger partial charge in [-0.05, 0) is 48.8 Å². The molecule has 1 amide bonds. The Labute approximate surface area is 186 Å². The second kappa shape index (κ2) is 7.13. The summed E-state index contributed by atoms with van der Waals surface area (Å²) in [5.41, 5.74) is 0.328. The molecule has 1 aliphatic heterocycles.